The summed E-state index contributed by atoms with van der Waals surface area (Å²) in [6.45, 7) is 0.686. The van der Waals surface area contributed by atoms with E-state index in [1.807, 2.05) is 22.9 Å². The number of H-pyrrole nitrogens is 1. The monoisotopic (exact) mass is 332 g/mol. The summed E-state index contributed by atoms with van der Waals surface area (Å²) in [5, 5.41) is 14.2. The molecule has 3 rings (SSSR count). The first-order valence-corrected chi connectivity index (χ1v) is 9.09. The highest BCUT2D eigenvalue weighted by molar-refractivity contribution is 7.08. The summed E-state index contributed by atoms with van der Waals surface area (Å²) < 4.78 is 0. The van der Waals surface area contributed by atoms with E-state index in [1.54, 1.807) is 11.3 Å². The maximum absolute atomic E-state index is 12.4. The molecule has 1 saturated carbocycles. The molecule has 6 heteroatoms. The summed E-state index contributed by atoms with van der Waals surface area (Å²) in [4.78, 5) is 14.7. The summed E-state index contributed by atoms with van der Waals surface area (Å²) in [5.74, 6) is -0.0780. The Labute approximate surface area is 141 Å². The Hall–Kier alpha value is -1.66. The number of rotatable bonds is 5. The molecule has 0 radical (unpaired) electrons. The second kappa shape index (κ2) is 6.84. The lowest BCUT2D eigenvalue weighted by molar-refractivity contribution is 0.0796. The summed E-state index contributed by atoms with van der Waals surface area (Å²) in [6, 6.07) is 3.83. The molecule has 1 aliphatic carbocycles. The van der Waals surface area contributed by atoms with E-state index in [0.29, 0.717) is 12.2 Å². The van der Waals surface area contributed by atoms with Gasteiger partial charge in [-0.3, -0.25) is 9.89 Å². The Morgan fingerprint density at radius 1 is 1.39 bits per heavy atom. The molecule has 1 amide bonds. The van der Waals surface area contributed by atoms with Gasteiger partial charge in [-0.15, -0.1) is 0 Å². The van der Waals surface area contributed by atoms with Crippen LogP contribution in [-0.4, -0.2) is 47.2 Å². The van der Waals surface area contributed by atoms with Crippen LogP contribution in [0.2, 0.25) is 0 Å². The molecule has 0 spiro atoms. The largest absolute Gasteiger partial charge is 0.349 e. The number of nitrogens with zero attached hydrogens (tertiary/aromatic N) is 2. The number of amides is 1. The first kappa shape index (κ1) is 16.2. The third-order valence-corrected chi connectivity index (χ3v) is 5.63. The molecule has 5 nitrogen and oxygen atoms in total. The van der Waals surface area contributed by atoms with Crippen molar-refractivity contribution in [3.63, 3.8) is 0 Å². The van der Waals surface area contributed by atoms with Crippen molar-refractivity contribution in [1.29, 1.82) is 0 Å². The number of carbonyl (C=O) groups is 1. The molecule has 124 valence electrons. The number of nitrogens with one attached hydrogen (secondary N) is 2. The van der Waals surface area contributed by atoms with Crippen LogP contribution >= 0.6 is 11.3 Å². The lowest BCUT2D eigenvalue weighted by atomic mass is 9.80. The van der Waals surface area contributed by atoms with Gasteiger partial charge in [0.25, 0.3) is 5.91 Å². The van der Waals surface area contributed by atoms with Crippen LogP contribution in [-0.2, 0) is 0 Å². The van der Waals surface area contributed by atoms with Crippen LogP contribution < -0.4 is 5.32 Å². The highest BCUT2D eigenvalue weighted by Gasteiger charge is 2.34. The van der Waals surface area contributed by atoms with Crippen molar-refractivity contribution in [1.82, 2.24) is 20.4 Å². The van der Waals surface area contributed by atoms with Gasteiger partial charge < -0.3 is 10.2 Å². The first-order chi connectivity index (χ1) is 11.1. The number of thiophene rings is 1. The van der Waals surface area contributed by atoms with Crippen LogP contribution in [0.4, 0.5) is 0 Å². The molecule has 2 heterocycles. The fourth-order valence-electron chi connectivity index (χ4n) is 3.33. The zero-order valence-electron chi connectivity index (χ0n) is 13.8. The second-order valence-electron chi connectivity index (χ2n) is 6.54. The molecule has 1 fully saturated rings. The van der Waals surface area contributed by atoms with Gasteiger partial charge in [0.05, 0.1) is 5.69 Å². The predicted octanol–water partition coefficient (Wildman–Crippen LogP) is 3.13. The van der Waals surface area contributed by atoms with Crippen LogP contribution in [0, 0.1) is 0 Å². The van der Waals surface area contributed by atoms with Crippen LogP contribution in [0.5, 0.6) is 0 Å². The van der Waals surface area contributed by atoms with Crippen molar-refractivity contribution >= 4 is 17.2 Å². The maximum atomic E-state index is 12.4. The van der Waals surface area contributed by atoms with Crippen molar-refractivity contribution in [2.75, 3.05) is 20.6 Å². The van der Waals surface area contributed by atoms with E-state index in [2.05, 4.69) is 34.5 Å². The Morgan fingerprint density at radius 2 is 2.17 bits per heavy atom. The summed E-state index contributed by atoms with van der Waals surface area (Å²) >= 11 is 1.62. The standard InChI is InChI=1S/C17H24N4OS/c1-21(2)17(7-4-3-5-8-17)12-18-16(22)15-10-14(19-20-15)13-6-9-23-11-13/h6,9-11H,3-5,7-8,12H2,1-2H3,(H,18,22)(H,19,20). The second-order valence-corrected chi connectivity index (χ2v) is 7.32. The van der Waals surface area contributed by atoms with Gasteiger partial charge in [-0.05, 0) is 44.4 Å². The summed E-state index contributed by atoms with van der Waals surface area (Å²) in [7, 11) is 4.23. The van der Waals surface area contributed by atoms with Gasteiger partial charge in [-0.2, -0.15) is 16.4 Å². The van der Waals surface area contributed by atoms with Crippen LogP contribution in [0.3, 0.4) is 0 Å². The minimum absolute atomic E-state index is 0.0780. The minimum Gasteiger partial charge on any atom is -0.349 e. The molecule has 0 unspecified atom stereocenters. The fraction of sp³-hybridized carbons (Fsp3) is 0.529. The van der Waals surface area contributed by atoms with Crippen LogP contribution in [0.15, 0.2) is 22.9 Å². The van der Waals surface area contributed by atoms with E-state index in [9.17, 15) is 4.79 Å². The molecule has 2 N–H and O–H groups in total. The number of carbonyl (C=O) groups excluding carboxylic acids is 1. The lowest BCUT2D eigenvalue weighted by Gasteiger charge is -2.43. The molecule has 0 aromatic carbocycles. The number of likely N-dealkylation sites (N-methyl/N-ethyl adjacent to an activating group) is 1. The van der Waals surface area contributed by atoms with E-state index in [-0.39, 0.29) is 11.4 Å². The van der Waals surface area contributed by atoms with Crippen molar-refractivity contribution < 1.29 is 4.79 Å². The van der Waals surface area contributed by atoms with Crippen molar-refractivity contribution in [2.45, 2.75) is 37.6 Å². The van der Waals surface area contributed by atoms with E-state index in [0.717, 1.165) is 24.1 Å². The molecule has 2 aromatic heterocycles. The molecule has 23 heavy (non-hydrogen) atoms. The number of hydrogen-bond acceptors (Lipinski definition) is 4. The van der Waals surface area contributed by atoms with E-state index < -0.39 is 0 Å². The third-order valence-electron chi connectivity index (χ3n) is 4.95. The minimum atomic E-state index is -0.0780. The van der Waals surface area contributed by atoms with E-state index >= 15 is 0 Å². The van der Waals surface area contributed by atoms with Gasteiger partial charge in [0.2, 0.25) is 0 Å². The van der Waals surface area contributed by atoms with Crippen molar-refractivity contribution in [2.24, 2.45) is 0 Å². The maximum Gasteiger partial charge on any atom is 0.269 e. The zero-order valence-corrected chi connectivity index (χ0v) is 14.6. The number of hydrogen-bond donors (Lipinski definition) is 2. The SMILES string of the molecule is CN(C)C1(CNC(=O)c2cc(-c3ccsc3)n[nH]2)CCCCC1. The van der Waals surface area contributed by atoms with Gasteiger partial charge in [-0.25, -0.2) is 0 Å². The molecule has 0 bridgehead atoms. The molecule has 2 aromatic rings. The fourth-order valence-corrected chi connectivity index (χ4v) is 3.98. The van der Waals surface area contributed by atoms with Gasteiger partial charge >= 0.3 is 0 Å². The summed E-state index contributed by atoms with van der Waals surface area (Å²) in [6.07, 6.45) is 6.06. The molecular formula is C17H24N4OS. The van der Waals surface area contributed by atoms with Gasteiger partial charge in [0.1, 0.15) is 5.69 Å². The lowest BCUT2D eigenvalue weighted by Crippen LogP contribution is -2.53. The third kappa shape index (κ3) is 3.48. The van der Waals surface area contributed by atoms with Gasteiger partial charge in [0, 0.05) is 23.0 Å². The zero-order chi connectivity index (χ0) is 16.3. The van der Waals surface area contributed by atoms with Gasteiger partial charge in [-0.1, -0.05) is 19.3 Å². The Balaban J connectivity index is 1.65. The average Bonchev–Trinajstić information content (AvgIpc) is 3.24. The average molecular weight is 332 g/mol. The van der Waals surface area contributed by atoms with Gasteiger partial charge in [0.15, 0.2) is 0 Å². The molecular weight excluding hydrogens is 308 g/mol. The van der Waals surface area contributed by atoms with E-state index in [1.165, 1.54) is 19.3 Å². The van der Waals surface area contributed by atoms with Crippen LogP contribution in [0.1, 0.15) is 42.6 Å². The van der Waals surface area contributed by atoms with Crippen molar-refractivity contribution in [3.05, 3.63) is 28.6 Å². The Morgan fingerprint density at radius 3 is 2.83 bits per heavy atom. The van der Waals surface area contributed by atoms with Crippen LogP contribution in [0.25, 0.3) is 11.3 Å². The predicted molar refractivity (Wildman–Crippen MR) is 93.7 cm³/mol. The first-order valence-electron chi connectivity index (χ1n) is 8.14. The topological polar surface area (TPSA) is 61.0 Å². The Kier molecular flexibility index (Phi) is 4.82. The van der Waals surface area contributed by atoms with E-state index in [4.69, 9.17) is 0 Å². The van der Waals surface area contributed by atoms with Crippen molar-refractivity contribution in [3.8, 4) is 11.3 Å². The molecule has 0 atom stereocenters. The normalized spacial score (nSPS) is 17.3. The Bertz CT molecular complexity index is 641. The summed E-state index contributed by atoms with van der Waals surface area (Å²) in [5.41, 5.74) is 2.47. The quantitative estimate of drug-likeness (QED) is 0.884. The highest BCUT2D eigenvalue weighted by atomic mass is 32.1. The molecule has 0 aliphatic heterocycles. The highest BCUT2D eigenvalue weighted by Crippen LogP contribution is 2.31. The molecule has 0 saturated heterocycles. The molecule has 1 aliphatic rings. The smallest absolute Gasteiger partial charge is 0.269 e. The number of aromatic nitrogens is 2. The number of aromatic amines is 1.